The second-order valence-electron chi connectivity index (χ2n) is 5.99. The summed E-state index contributed by atoms with van der Waals surface area (Å²) in [6.45, 7) is 3.20. The largest absolute Gasteiger partial charge is 0.497 e. The SMILES string of the molecule is COc1ccc(OC)c(S(=O)(=O)NCC(=O)NC(CC(C)C)C(N)=O)c1. The number of hydrogen-bond donors (Lipinski definition) is 3. The van der Waals surface area contributed by atoms with E-state index in [1.54, 1.807) is 6.07 Å². The molecule has 0 aromatic heterocycles. The molecule has 0 bridgehead atoms. The third-order valence-corrected chi connectivity index (χ3v) is 4.89. The fraction of sp³-hybridized carbons (Fsp3) is 0.500. The summed E-state index contributed by atoms with van der Waals surface area (Å²) >= 11 is 0. The average Bonchev–Trinajstić information content (AvgIpc) is 2.58. The molecule has 1 atom stereocenters. The van der Waals surface area contributed by atoms with Crippen LogP contribution in [-0.2, 0) is 19.6 Å². The Morgan fingerprint density at radius 2 is 1.85 bits per heavy atom. The molecule has 26 heavy (non-hydrogen) atoms. The first kappa shape index (κ1) is 21.7. The molecule has 9 nitrogen and oxygen atoms in total. The van der Waals surface area contributed by atoms with E-state index in [0.29, 0.717) is 12.2 Å². The maximum atomic E-state index is 12.5. The summed E-state index contributed by atoms with van der Waals surface area (Å²) in [5.74, 6) is -0.787. The van der Waals surface area contributed by atoms with Crippen LogP contribution >= 0.6 is 0 Å². The number of sulfonamides is 1. The molecule has 0 radical (unpaired) electrons. The average molecular weight is 387 g/mol. The summed E-state index contributed by atoms with van der Waals surface area (Å²) in [6.07, 6.45) is 0.359. The lowest BCUT2D eigenvalue weighted by atomic mass is 10.0. The molecule has 0 aliphatic rings. The number of amides is 2. The fourth-order valence-electron chi connectivity index (χ4n) is 2.20. The van der Waals surface area contributed by atoms with E-state index in [1.807, 2.05) is 13.8 Å². The van der Waals surface area contributed by atoms with Gasteiger partial charge in [0, 0.05) is 6.07 Å². The van der Waals surface area contributed by atoms with E-state index in [4.69, 9.17) is 15.2 Å². The van der Waals surface area contributed by atoms with Gasteiger partial charge in [-0.05, 0) is 24.5 Å². The molecule has 0 aliphatic carbocycles. The molecular formula is C16H25N3O6S. The van der Waals surface area contributed by atoms with Crippen LogP contribution in [0.3, 0.4) is 0 Å². The zero-order valence-corrected chi connectivity index (χ0v) is 16.1. The lowest BCUT2D eigenvalue weighted by Crippen LogP contribution is -2.48. The summed E-state index contributed by atoms with van der Waals surface area (Å²) < 4.78 is 37.2. The highest BCUT2D eigenvalue weighted by molar-refractivity contribution is 7.89. The van der Waals surface area contributed by atoms with Gasteiger partial charge in [-0.2, -0.15) is 0 Å². The Bertz CT molecular complexity index is 748. The topological polar surface area (TPSA) is 137 Å². The van der Waals surface area contributed by atoms with Crippen LogP contribution in [0.2, 0.25) is 0 Å². The van der Waals surface area contributed by atoms with Gasteiger partial charge in [0.05, 0.1) is 20.8 Å². The van der Waals surface area contributed by atoms with E-state index in [0.717, 1.165) is 0 Å². The third-order valence-electron chi connectivity index (χ3n) is 3.47. The Hall–Kier alpha value is -2.33. The zero-order chi connectivity index (χ0) is 19.9. The van der Waals surface area contributed by atoms with Crippen molar-refractivity contribution in [2.75, 3.05) is 20.8 Å². The van der Waals surface area contributed by atoms with Crippen LogP contribution in [0.25, 0.3) is 0 Å². The summed E-state index contributed by atoms with van der Waals surface area (Å²) in [4.78, 5) is 23.2. The Labute approximate surface area is 153 Å². The maximum absolute atomic E-state index is 12.5. The minimum Gasteiger partial charge on any atom is -0.497 e. The number of ether oxygens (including phenoxy) is 2. The van der Waals surface area contributed by atoms with Crippen LogP contribution in [0, 0.1) is 5.92 Å². The van der Waals surface area contributed by atoms with E-state index in [2.05, 4.69) is 10.0 Å². The number of hydrogen-bond acceptors (Lipinski definition) is 6. The first-order chi connectivity index (χ1) is 12.1. The molecule has 0 heterocycles. The van der Waals surface area contributed by atoms with Crippen LogP contribution in [0.5, 0.6) is 11.5 Å². The molecule has 1 rings (SSSR count). The molecular weight excluding hydrogens is 362 g/mol. The number of primary amides is 1. The monoisotopic (exact) mass is 387 g/mol. The van der Waals surface area contributed by atoms with Gasteiger partial charge in [-0.1, -0.05) is 13.8 Å². The number of carbonyl (C=O) groups excluding carboxylic acids is 2. The predicted molar refractivity (Wildman–Crippen MR) is 95.3 cm³/mol. The Kier molecular flexibility index (Phi) is 7.84. The van der Waals surface area contributed by atoms with Crippen molar-refractivity contribution >= 4 is 21.8 Å². The van der Waals surface area contributed by atoms with Crippen molar-refractivity contribution in [1.29, 1.82) is 0 Å². The Morgan fingerprint density at radius 3 is 2.35 bits per heavy atom. The fourth-order valence-corrected chi connectivity index (χ4v) is 3.36. The van der Waals surface area contributed by atoms with Gasteiger partial charge in [0.1, 0.15) is 22.4 Å². The van der Waals surface area contributed by atoms with E-state index in [1.165, 1.54) is 26.4 Å². The van der Waals surface area contributed by atoms with Gasteiger partial charge in [0.15, 0.2) is 0 Å². The Balaban J connectivity index is 2.85. The normalized spacial score (nSPS) is 12.5. The molecule has 0 saturated carbocycles. The maximum Gasteiger partial charge on any atom is 0.244 e. The minimum atomic E-state index is -4.04. The molecule has 10 heteroatoms. The van der Waals surface area contributed by atoms with Gasteiger partial charge in [0.2, 0.25) is 21.8 Å². The van der Waals surface area contributed by atoms with Gasteiger partial charge in [-0.25, -0.2) is 13.1 Å². The lowest BCUT2D eigenvalue weighted by molar-refractivity contribution is -0.127. The van der Waals surface area contributed by atoms with Gasteiger partial charge in [-0.3, -0.25) is 9.59 Å². The molecule has 0 fully saturated rings. The molecule has 0 spiro atoms. The quantitative estimate of drug-likeness (QED) is 0.517. The molecule has 1 aromatic carbocycles. The molecule has 146 valence electrons. The highest BCUT2D eigenvalue weighted by Crippen LogP contribution is 2.27. The van der Waals surface area contributed by atoms with Crippen LogP contribution in [0.15, 0.2) is 23.1 Å². The van der Waals surface area contributed by atoms with E-state index >= 15 is 0 Å². The van der Waals surface area contributed by atoms with Gasteiger partial charge < -0.3 is 20.5 Å². The number of nitrogens with two attached hydrogens (primary N) is 1. The molecule has 0 aliphatic heterocycles. The second-order valence-corrected chi connectivity index (χ2v) is 7.73. The van der Waals surface area contributed by atoms with Crippen LogP contribution in [-0.4, -0.2) is 47.0 Å². The number of methoxy groups -OCH3 is 2. The molecule has 2 amide bonds. The van der Waals surface area contributed by atoms with Crippen molar-refractivity contribution in [2.45, 2.75) is 31.2 Å². The highest BCUT2D eigenvalue weighted by Gasteiger charge is 2.23. The molecule has 1 unspecified atom stereocenters. The molecule has 1 aromatic rings. The van der Waals surface area contributed by atoms with E-state index in [9.17, 15) is 18.0 Å². The van der Waals surface area contributed by atoms with Crippen LogP contribution in [0.4, 0.5) is 0 Å². The number of rotatable bonds is 10. The Morgan fingerprint density at radius 1 is 1.19 bits per heavy atom. The number of benzene rings is 1. The van der Waals surface area contributed by atoms with Crippen molar-refractivity contribution < 1.29 is 27.5 Å². The number of nitrogens with one attached hydrogen (secondary N) is 2. The first-order valence-electron chi connectivity index (χ1n) is 7.91. The summed E-state index contributed by atoms with van der Waals surface area (Å²) in [7, 11) is -1.31. The van der Waals surface area contributed by atoms with E-state index in [-0.39, 0.29) is 16.6 Å². The number of carbonyl (C=O) groups is 2. The summed E-state index contributed by atoms with van der Waals surface area (Å²) in [6, 6.07) is 3.41. The minimum absolute atomic E-state index is 0.105. The van der Waals surface area contributed by atoms with Gasteiger partial charge in [0.25, 0.3) is 0 Å². The van der Waals surface area contributed by atoms with Crippen molar-refractivity contribution in [3.05, 3.63) is 18.2 Å². The van der Waals surface area contributed by atoms with Gasteiger partial charge in [-0.15, -0.1) is 0 Å². The zero-order valence-electron chi connectivity index (χ0n) is 15.2. The van der Waals surface area contributed by atoms with Gasteiger partial charge >= 0.3 is 0 Å². The van der Waals surface area contributed by atoms with E-state index < -0.39 is 34.4 Å². The van der Waals surface area contributed by atoms with Crippen molar-refractivity contribution in [1.82, 2.24) is 10.0 Å². The van der Waals surface area contributed by atoms with Crippen LogP contribution in [0.1, 0.15) is 20.3 Å². The summed E-state index contributed by atoms with van der Waals surface area (Å²) in [5, 5.41) is 2.43. The molecule has 4 N–H and O–H groups in total. The van der Waals surface area contributed by atoms with Crippen molar-refractivity contribution in [3.63, 3.8) is 0 Å². The standard InChI is InChI=1S/C16H25N3O6S/c1-10(2)7-12(16(17)21)19-15(20)9-18-26(22,23)14-8-11(24-3)5-6-13(14)25-4/h5-6,8,10,12,18H,7,9H2,1-4H3,(H2,17,21)(H,19,20). The van der Waals surface area contributed by atoms with Crippen LogP contribution < -0.4 is 25.2 Å². The lowest BCUT2D eigenvalue weighted by Gasteiger charge is -2.18. The second kappa shape index (κ2) is 9.39. The predicted octanol–water partition coefficient (Wildman–Crippen LogP) is -0.00170. The molecule has 0 saturated heterocycles. The smallest absolute Gasteiger partial charge is 0.244 e. The van der Waals surface area contributed by atoms with Crippen molar-refractivity contribution in [2.24, 2.45) is 11.7 Å². The van der Waals surface area contributed by atoms with Crippen molar-refractivity contribution in [3.8, 4) is 11.5 Å². The summed E-state index contributed by atoms with van der Waals surface area (Å²) in [5.41, 5.74) is 5.25. The first-order valence-corrected chi connectivity index (χ1v) is 9.39. The third kappa shape index (κ3) is 6.19. The highest BCUT2D eigenvalue weighted by atomic mass is 32.2.